The highest BCUT2D eigenvalue weighted by atomic mass is 19.3. The van der Waals surface area contributed by atoms with Crippen LogP contribution in [0.25, 0.3) is 16.9 Å². The minimum absolute atomic E-state index is 0.0134. The molecule has 38 heavy (non-hydrogen) atoms. The van der Waals surface area contributed by atoms with Gasteiger partial charge >= 0.3 is 6.61 Å². The predicted molar refractivity (Wildman–Crippen MR) is 132 cm³/mol. The van der Waals surface area contributed by atoms with E-state index in [2.05, 4.69) is 4.98 Å². The molecule has 0 atom stereocenters. The van der Waals surface area contributed by atoms with E-state index in [0.717, 1.165) is 12.8 Å². The summed E-state index contributed by atoms with van der Waals surface area (Å²) in [7, 11) is 1.38. The number of hydrogen-bond donors (Lipinski definition) is 0. The van der Waals surface area contributed by atoms with Crippen LogP contribution in [0.4, 0.5) is 17.6 Å². The number of alkyl halides is 4. The van der Waals surface area contributed by atoms with E-state index in [1.807, 2.05) is 0 Å². The Kier molecular flexibility index (Phi) is 7.47. The van der Waals surface area contributed by atoms with Gasteiger partial charge in [0.25, 0.3) is 5.92 Å². The molecule has 1 saturated heterocycles. The second kappa shape index (κ2) is 10.8. The molecule has 3 aromatic rings. The topological polar surface area (TPSA) is 65.3 Å². The molecule has 2 aromatic heterocycles. The zero-order valence-electron chi connectivity index (χ0n) is 21.0. The van der Waals surface area contributed by atoms with Crippen LogP contribution >= 0.6 is 0 Å². The summed E-state index contributed by atoms with van der Waals surface area (Å²) in [4.78, 5) is 19.0. The summed E-state index contributed by atoms with van der Waals surface area (Å²) in [6.45, 7) is -2.11. The summed E-state index contributed by atoms with van der Waals surface area (Å²) in [5, 5.41) is 0. The molecule has 3 heterocycles. The van der Waals surface area contributed by atoms with Crippen LogP contribution in [-0.2, 0) is 0 Å². The molecule has 0 bridgehead atoms. The molecule has 11 heteroatoms. The van der Waals surface area contributed by atoms with Gasteiger partial charge in [-0.15, -0.1) is 0 Å². The van der Waals surface area contributed by atoms with Crippen molar-refractivity contribution in [2.75, 3.05) is 33.4 Å². The van der Waals surface area contributed by atoms with E-state index >= 15 is 0 Å². The maximum absolute atomic E-state index is 13.6. The molecule has 0 spiro atoms. The SMILES string of the molecule is COc1cc(-c2cnc3cc(OCCN4CCCC(F)(F)C4)ccn23)cc(OC(F)F)c1C(=O)CC1CC1. The zero-order chi connectivity index (χ0) is 26.9. The van der Waals surface area contributed by atoms with Gasteiger partial charge in [-0.2, -0.15) is 8.78 Å². The van der Waals surface area contributed by atoms with Crippen LogP contribution in [0, 0.1) is 5.92 Å². The number of likely N-dealkylation sites (tertiary alicyclic amines) is 1. The highest BCUT2D eigenvalue weighted by molar-refractivity contribution is 6.02. The molecule has 0 N–H and O–H groups in total. The van der Waals surface area contributed by atoms with E-state index in [0.29, 0.717) is 42.2 Å². The molecule has 2 aliphatic rings. The minimum atomic E-state index is -3.11. The highest BCUT2D eigenvalue weighted by Gasteiger charge is 2.35. The molecule has 0 radical (unpaired) electrons. The average Bonchev–Trinajstić information content (AvgIpc) is 3.57. The van der Waals surface area contributed by atoms with Gasteiger partial charge in [0.05, 0.1) is 25.5 Å². The number of imidazole rings is 1. The van der Waals surface area contributed by atoms with Gasteiger partial charge in [-0.25, -0.2) is 13.8 Å². The first-order chi connectivity index (χ1) is 18.2. The molecule has 0 unspecified atom stereocenters. The van der Waals surface area contributed by atoms with Crippen LogP contribution in [0.1, 0.15) is 42.5 Å². The van der Waals surface area contributed by atoms with Gasteiger partial charge in [-0.05, 0) is 49.9 Å². The molecule has 1 saturated carbocycles. The number of carbonyl (C=O) groups excluding carboxylic acids is 1. The van der Waals surface area contributed by atoms with E-state index in [-0.39, 0.29) is 54.8 Å². The van der Waals surface area contributed by atoms with Gasteiger partial charge in [0, 0.05) is 37.2 Å². The highest BCUT2D eigenvalue weighted by Crippen LogP contribution is 2.40. The number of ketones is 1. The summed E-state index contributed by atoms with van der Waals surface area (Å²) < 4.78 is 71.4. The van der Waals surface area contributed by atoms with E-state index in [9.17, 15) is 22.4 Å². The number of hydrogen-bond acceptors (Lipinski definition) is 6. The van der Waals surface area contributed by atoms with Crippen LogP contribution in [0.2, 0.25) is 0 Å². The number of ether oxygens (including phenoxy) is 3. The van der Waals surface area contributed by atoms with Crippen molar-refractivity contribution in [1.29, 1.82) is 0 Å². The molecule has 7 nitrogen and oxygen atoms in total. The molecule has 204 valence electrons. The number of methoxy groups -OCH3 is 1. The lowest BCUT2D eigenvalue weighted by Crippen LogP contribution is -2.44. The van der Waals surface area contributed by atoms with Gasteiger partial charge < -0.3 is 14.2 Å². The largest absolute Gasteiger partial charge is 0.496 e. The van der Waals surface area contributed by atoms with E-state index in [4.69, 9.17) is 14.2 Å². The standard InChI is InChI=1S/C27H29F4N3O4/c1-36-22-12-18(13-23(38-26(28)29)25(22)21(35)11-17-3-4-17)20-15-32-24-14-19(5-8-34(20)24)37-10-9-33-7-2-6-27(30,31)16-33/h5,8,12-15,17,26H,2-4,6-7,9-11,16H2,1H3. The minimum Gasteiger partial charge on any atom is -0.496 e. The normalized spacial score (nSPS) is 17.6. The number of Topliss-reactive ketones (excluding diaryl/α,β-unsaturated/α-hetero) is 1. The Hall–Kier alpha value is -3.34. The summed E-state index contributed by atoms with van der Waals surface area (Å²) in [6.07, 6.45) is 5.81. The maximum Gasteiger partial charge on any atom is 0.387 e. The number of carbonyl (C=O) groups is 1. The fourth-order valence-corrected chi connectivity index (χ4v) is 4.84. The van der Waals surface area contributed by atoms with Crippen LogP contribution in [-0.4, -0.2) is 66.0 Å². The van der Waals surface area contributed by atoms with Crippen molar-refractivity contribution < 1.29 is 36.6 Å². The number of fused-ring (bicyclic) bond motifs is 1. The number of aromatic nitrogens is 2. The smallest absolute Gasteiger partial charge is 0.387 e. The third-order valence-electron chi connectivity index (χ3n) is 6.88. The Morgan fingerprint density at radius 1 is 1.21 bits per heavy atom. The van der Waals surface area contributed by atoms with E-state index < -0.39 is 12.5 Å². The van der Waals surface area contributed by atoms with Crippen LogP contribution in [0.5, 0.6) is 17.2 Å². The number of rotatable bonds is 11. The molecule has 1 aliphatic carbocycles. The first kappa shape index (κ1) is 26.3. The van der Waals surface area contributed by atoms with Crippen molar-refractivity contribution in [3.63, 3.8) is 0 Å². The number of benzene rings is 1. The second-order valence-corrected chi connectivity index (χ2v) is 9.82. The van der Waals surface area contributed by atoms with Crippen LogP contribution in [0.15, 0.2) is 36.7 Å². The number of halogens is 4. The number of piperidine rings is 1. The van der Waals surface area contributed by atoms with Crippen molar-refractivity contribution in [1.82, 2.24) is 14.3 Å². The fraction of sp³-hybridized carbons (Fsp3) is 0.481. The van der Waals surface area contributed by atoms with E-state index in [1.54, 1.807) is 39.9 Å². The molecule has 5 rings (SSSR count). The molecular weight excluding hydrogens is 506 g/mol. The summed E-state index contributed by atoms with van der Waals surface area (Å²) in [5.41, 5.74) is 1.60. The van der Waals surface area contributed by atoms with E-state index in [1.165, 1.54) is 13.2 Å². The van der Waals surface area contributed by atoms with Crippen LogP contribution < -0.4 is 14.2 Å². The average molecular weight is 536 g/mol. The Balaban J connectivity index is 1.36. The van der Waals surface area contributed by atoms with Gasteiger partial charge in [0.2, 0.25) is 0 Å². The Morgan fingerprint density at radius 2 is 2.00 bits per heavy atom. The van der Waals surface area contributed by atoms with Gasteiger partial charge in [0.15, 0.2) is 5.78 Å². The lowest BCUT2D eigenvalue weighted by atomic mass is 10.00. The summed E-state index contributed by atoms with van der Waals surface area (Å²) >= 11 is 0. The van der Waals surface area contributed by atoms with Crippen molar-refractivity contribution in [2.45, 2.75) is 44.6 Å². The first-order valence-electron chi connectivity index (χ1n) is 12.6. The van der Waals surface area contributed by atoms with Crippen molar-refractivity contribution >= 4 is 11.4 Å². The second-order valence-electron chi connectivity index (χ2n) is 9.82. The molecular formula is C27H29F4N3O4. The summed E-state index contributed by atoms with van der Waals surface area (Å²) in [5.74, 6) is -2.24. The van der Waals surface area contributed by atoms with Crippen LogP contribution in [0.3, 0.4) is 0 Å². The molecule has 2 fully saturated rings. The predicted octanol–water partition coefficient (Wildman–Crippen LogP) is 5.70. The van der Waals surface area contributed by atoms with Crippen molar-refractivity contribution in [3.05, 3.63) is 42.2 Å². The van der Waals surface area contributed by atoms with Gasteiger partial charge in [-0.3, -0.25) is 14.1 Å². The Bertz CT molecular complexity index is 1310. The number of nitrogens with zero attached hydrogens (tertiary/aromatic N) is 3. The number of pyridine rings is 1. The Labute approximate surface area is 217 Å². The molecule has 1 aliphatic heterocycles. The van der Waals surface area contributed by atoms with Gasteiger partial charge in [0.1, 0.15) is 35.1 Å². The first-order valence-corrected chi connectivity index (χ1v) is 12.6. The Morgan fingerprint density at radius 3 is 2.71 bits per heavy atom. The third-order valence-corrected chi connectivity index (χ3v) is 6.88. The third kappa shape index (κ3) is 6.03. The van der Waals surface area contributed by atoms with Gasteiger partial charge in [-0.1, -0.05) is 0 Å². The monoisotopic (exact) mass is 535 g/mol. The maximum atomic E-state index is 13.6. The summed E-state index contributed by atoms with van der Waals surface area (Å²) in [6, 6.07) is 6.43. The fourth-order valence-electron chi connectivity index (χ4n) is 4.84. The molecule has 1 aromatic carbocycles. The lowest BCUT2D eigenvalue weighted by Gasteiger charge is -2.32. The quantitative estimate of drug-likeness (QED) is 0.232. The zero-order valence-corrected chi connectivity index (χ0v) is 21.0. The van der Waals surface area contributed by atoms with Crippen molar-refractivity contribution in [3.8, 4) is 28.5 Å². The lowest BCUT2D eigenvalue weighted by molar-refractivity contribution is -0.0656. The van der Waals surface area contributed by atoms with Crippen molar-refractivity contribution in [2.24, 2.45) is 5.92 Å². The molecule has 0 amide bonds.